The Morgan fingerprint density at radius 2 is 1.89 bits per heavy atom. The molecule has 0 atom stereocenters. The average Bonchev–Trinajstić information content (AvgIpc) is 2.71. The van der Waals surface area contributed by atoms with E-state index in [-0.39, 0.29) is 6.04 Å². The first-order valence-corrected chi connectivity index (χ1v) is 9.23. The molecule has 0 aliphatic heterocycles. The number of ether oxygens (including phenoxy) is 2. The zero-order chi connectivity index (χ0) is 19.9. The SMILES string of the molecule is COCCN(/C(=N\O)c1cccnc1Oc1ccc2ccccc2c1)C(C)C. The molecule has 28 heavy (non-hydrogen) atoms. The van der Waals surface area contributed by atoms with Crippen LogP contribution in [-0.2, 0) is 4.74 Å². The Balaban J connectivity index is 1.94. The van der Waals surface area contributed by atoms with Gasteiger partial charge in [0, 0.05) is 25.9 Å². The van der Waals surface area contributed by atoms with Gasteiger partial charge in [-0.05, 0) is 48.9 Å². The summed E-state index contributed by atoms with van der Waals surface area (Å²) in [5.74, 6) is 1.45. The Morgan fingerprint density at radius 3 is 2.61 bits per heavy atom. The van der Waals surface area contributed by atoms with Crippen molar-refractivity contribution in [1.29, 1.82) is 0 Å². The lowest BCUT2D eigenvalue weighted by Gasteiger charge is -2.29. The highest BCUT2D eigenvalue weighted by Gasteiger charge is 2.22. The molecule has 0 fully saturated rings. The monoisotopic (exact) mass is 379 g/mol. The van der Waals surface area contributed by atoms with Crippen LogP contribution in [0.1, 0.15) is 19.4 Å². The van der Waals surface area contributed by atoms with E-state index in [9.17, 15) is 5.21 Å². The number of oxime groups is 1. The van der Waals surface area contributed by atoms with Gasteiger partial charge >= 0.3 is 0 Å². The van der Waals surface area contributed by atoms with Gasteiger partial charge in [-0.2, -0.15) is 0 Å². The molecular formula is C22H25N3O3. The van der Waals surface area contributed by atoms with Gasteiger partial charge in [-0.3, -0.25) is 0 Å². The van der Waals surface area contributed by atoms with Crippen molar-refractivity contribution in [3.63, 3.8) is 0 Å². The highest BCUT2D eigenvalue weighted by molar-refractivity contribution is 6.00. The number of rotatable bonds is 7. The zero-order valence-corrected chi connectivity index (χ0v) is 16.4. The molecule has 1 N–H and O–H groups in total. The topological polar surface area (TPSA) is 67.2 Å². The largest absolute Gasteiger partial charge is 0.438 e. The van der Waals surface area contributed by atoms with Crippen molar-refractivity contribution in [2.45, 2.75) is 19.9 Å². The molecule has 0 bridgehead atoms. The minimum absolute atomic E-state index is 0.106. The summed E-state index contributed by atoms with van der Waals surface area (Å²) >= 11 is 0. The van der Waals surface area contributed by atoms with Gasteiger partial charge in [-0.1, -0.05) is 35.5 Å². The lowest BCUT2D eigenvalue weighted by molar-refractivity contribution is 0.164. The van der Waals surface area contributed by atoms with Crippen molar-refractivity contribution in [1.82, 2.24) is 9.88 Å². The second kappa shape index (κ2) is 9.19. The maximum Gasteiger partial charge on any atom is 0.230 e. The minimum Gasteiger partial charge on any atom is -0.438 e. The third-order valence-electron chi connectivity index (χ3n) is 4.47. The molecule has 2 aromatic carbocycles. The highest BCUT2D eigenvalue weighted by Crippen LogP contribution is 2.27. The van der Waals surface area contributed by atoms with Gasteiger partial charge in [0.2, 0.25) is 5.88 Å². The molecule has 3 aromatic rings. The summed E-state index contributed by atoms with van der Waals surface area (Å²) in [5, 5.41) is 15.5. The summed E-state index contributed by atoms with van der Waals surface area (Å²) in [6.45, 7) is 5.15. The molecule has 0 aliphatic rings. The third-order valence-corrected chi connectivity index (χ3v) is 4.47. The first kappa shape index (κ1) is 19.6. The van der Waals surface area contributed by atoms with Crippen LogP contribution in [0.25, 0.3) is 10.8 Å². The maximum absolute atomic E-state index is 9.75. The molecule has 1 aromatic heterocycles. The lowest BCUT2D eigenvalue weighted by atomic mass is 10.1. The quantitative estimate of drug-likeness (QED) is 0.283. The molecule has 0 saturated heterocycles. The van der Waals surface area contributed by atoms with E-state index in [0.717, 1.165) is 10.8 Å². The molecule has 0 radical (unpaired) electrons. The Bertz CT molecular complexity index is 956. The van der Waals surface area contributed by atoms with E-state index in [2.05, 4.69) is 16.2 Å². The number of pyridine rings is 1. The Labute approximate surface area is 165 Å². The fourth-order valence-corrected chi connectivity index (χ4v) is 3.05. The summed E-state index contributed by atoms with van der Waals surface area (Å²) < 4.78 is 11.3. The van der Waals surface area contributed by atoms with Crippen LogP contribution in [0.15, 0.2) is 65.9 Å². The molecule has 6 nitrogen and oxygen atoms in total. The van der Waals surface area contributed by atoms with Crippen molar-refractivity contribution in [3.8, 4) is 11.6 Å². The van der Waals surface area contributed by atoms with Gasteiger partial charge in [0.15, 0.2) is 5.84 Å². The molecule has 0 unspecified atom stereocenters. The van der Waals surface area contributed by atoms with Gasteiger partial charge in [0.1, 0.15) is 5.75 Å². The van der Waals surface area contributed by atoms with Crippen molar-refractivity contribution in [3.05, 3.63) is 66.4 Å². The van der Waals surface area contributed by atoms with Crippen LogP contribution in [0.5, 0.6) is 11.6 Å². The highest BCUT2D eigenvalue weighted by atomic mass is 16.5. The van der Waals surface area contributed by atoms with Crippen molar-refractivity contribution < 1.29 is 14.7 Å². The van der Waals surface area contributed by atoms with Crippen LogP contribution in [0.4, 0.5) is 0 Å². The number of nitrogens with zero attached hydrogens (tertiary/aromatic N) is 3. The van der Waals surface area contributed by atoms with Gasteiger partial charge in [0.05, 0.1) is 12.2 Å². The summed E-state index contributed by atoms with van der Waals surface area (Å²) in [5.41, 5.74) is 0.614. The second-order valence-corrected chi connectivity index (χ2v) is 6.67. The van der Waals surface area contributed by atoms with Crippen molar-refractivity contribution in [2.24, 2.45) is 5.16 Å². The normalized spacial score (nSPS) is 11.8. The summed E-state index contributed by atoms with van der Waals surface area (Å²) in [4.78, 5) is 6.32. The van der Waals surface area contributed by atoms with Gasteiger partial charge in [-0.25, -0.2) is 4.98 Å². The van der Waals surface area contributed by atoms with Crippen LogP contribution in [-0.4, -0.2) is 47.2 Å². The summed E-state index contributed by atoms with van der Waals surface area (Å²) in [6.07, 6.45) is 1.66. The standard InChI is InChI=1S/C22H25N3O3/c1-16(2)25(13-14-27-3)21(24-26)20-9-6-12-23-22(20)28-19-11-10-17-7-4-5-8-18(17)15-19/h4-12,15-16,26H,13-14H2,1-3H3/b24-21-. The number of fused-ring (bicyclic) bond motifs is 1. The molecule has 146 valence electrons. The van der Waals surface area contributed by atoms with E-state index in [1.54, 1.807) is 19.4 Å². The smallest absolute Gasteiger partial charge is 0.230 e. The maximum atomic E-state index is 9.75. The predicted molar refractivity (Wildman–Crippen MR) is 110 cm³/mol. The van der Waals surface area contributed by atoms with E-state index in [1.165, 1.54) is 0 Å². The summed E-state index contributed by atoms with van der Waals surface area (Å²) in [7, 11) is 1.65. The van der Waals surface area contributed by atoms with Crippen LogP contribution in [0.2, 0.25) is 0 Å². The zero-order valence-electron chi connectivity index (χ0n) is 16.4. The molecule has 0 spiro atoms. The fraction of sp³-hybridized carbons (Fsp3) is 0.273. The number of benzene rings is 2. The predicted octanol–water partition coefficient (Wildman–Crippen LogP) is 4.52. The van der Waals surface area contributed by atoms with Crippen LogP contribution in [0.3, 0.4) is 0 Å². The molecule has 0 saturated carbocycles. The van der Waals surface area contributed by atoms with E-state index in [1.807, 2.05) is 61.2 Å². The Kier molecular flexibility index (Phi) is 6.45. The van der Waals surface area contributed by atoms with Crippen LogP contribution in [0, 0.1) is 0 Å². The van der Waals surface area contributed by atoms with Crippen LogP contribution < -0.4 is 4.74 Å². The first-order chi connectivity index (χ1) is 13.6. The van der Waals surface area contributed by atoms with E-state index in [0.29, 0.717) is 36.2 Å². The second-order valence-electron chi connectivity index (χ2n) is 6.67. The van der Waals surface area contributed by atoms with Gasteiger partial charge in [0.25, 0.3) is 0 Å². The number of hydrogen-bond donors (Lipinski definition) is 1. The van der Waals surface area contributed by atoms with Gasteiger partial charge < -0.3 is 19.6 Å². The Hall–Kier alpha value is -3.12. The molecule has 0 aliphatic carbocycles. The molecular weight excluding hydrogens is 354 g/mol. The van der Waals surface area contributed by atoms with Gasteiger partial charge in [-0.15, -0.1) is 0 Å². The summed E-state index contributed by atoms with van der Waals surface area (Å²) in [6, 6.07) is 17.7. The van der Waals surface area contributed by atoms with E-state index >= 15 is 0 Å². The molecule has 3 rings (SSSR count). The number of aromatic nitrogens is 1. The van der Waals surface area contributed by atoms with Crippen molar-refractivity contribution in [2.75, 3.05) is 20.3 Å². The van der Waals surface area contributed by atoms with E-state index in [4.69, 9.17) is 9.47 Å². The number of hydrogen-bond acceptors (Lipinski definition) is 5. The van der Waals surface area contributed by atoms with Crippen molar-refractivity contribution >= 4 is 16.6 Å². The molecule has 1 heterocycles. The lowest BCUT2D eigenvalue weighted by Crippen LogP contribution is -2.40. The Morgan fingerprint density at radius 1 is 1.11 bits per heavy atom. The molecule has 6 heteroatoms. The minimum atomic E-state index is 0.106. The fourth-order valence-electron chi connectivity index (χ4n) is 3.05. The van der Waals surface area contributed by atoms with E-state index < -0.39 is 0 Å². The average molecular weight is 379 g/mol. The molecule has 0 amide bonds. The third kappa shape index (κ3) is 4.40. The number of amidine groups is 1. The van der Waals surface area contributed by atoms with Crippen LogP contribution >= 0.6 is 0 Å². The number of methoxy groups -OCH3 is 1. The first-order valence-electron chi connectivity index (χ1n) is 9.23.